The SMILES string of the molecule is N#CCCN1CCC(CC[C@@H]2CC2c2ccccc2)(Cc2cccc(C(=O)O)c2)CC1. The number of aromatic carboxylic acids is 1. The lowest BCUT2D eigenvalue weighted by Gasteiger charge is -2.42. The van der Waals surface area contributed by atoms with Gasteiger partial charge in [0.15, 0.2) is 0 Å². The third-order valence-electron chi connectivity index (χ3n) is 7.41. The Hall–Kier alpha value is -2.64. The van der Waals surface area contributed by atoms with Gasteiger partial charge < -0.3 is 10.0 Å². The molecule has 1 saturated carbocycles. The van der Waals surface area contributed by atoms with Crippen molar-refractivity contribution < 1.29 is 9.90 Å². The summed E-state index contributed by atoms with van der Waals surface area (Å²) in [4.78, 5) is 13.8. The Morgan fingerprint density at radius 2 is 1.90 bits per heavy atom. The maximum absolute atomic E-state index is 11.4. The van der Waals surface area contributed by atoms with E-state index in [-0.39, 0.29) is 5.41 Å². The molecule has 0 spiro atoms. The van der Waals surface area contributed by atoms with Gasteiger partial charge in [-0.3, -0.25) is 0 Å². The second-order valence-corrected chi connectivity index (χ2v) is 9.48. The number of carboxylic acids is 1. The van der Waals surface area contributed by atoms with E-state index in [0.29, 0.717) is 17.9 Å². The molecular formula is C27H32N2O2. The fraction of sp³-hybridized carbons (Fsp3) is 0.481. The van der Waals surface area contributed by atoms with Crippen molar-refractivity contribution in [1.29, 1.82) is 5.26 Å². The van der Waals surface area contributed by atoms with Gasteiger partial charge >= 0.3 is 5.97 Å². The minimum atomic E-state index is -0.856. The normalized spacial score (nSPS) is 22.5. The molecule has 1 saturated heterocycles. The number of rotatable bonds is 9. The summed E-state index contributed by atoms with van der Waals surface area (Å²) < 4.78 is 0. The molecule has 1 aliphatic carbocycles. The van der Waals surface area contributed by atoms with Crippen molar-refractivity contribution in [3.63, 3.8) is 0 Å². The first kappa shape index (κ1) is 21.6. The third-order valence-corrected chi connectivity index (χ3v) is 7.41. The smallest absolute Gasteiger partial charge is 0.335 e. The molecule has 0 amide bonds. The second-order valence-electron chi connectivity index (χ2n) is 9.48. The lowest BCUT2D eigenvalue weighted by Crippen LogP contribution is -2.41. The number of nitrogens with zero attached hydrogens (tertiary/aromatic N) is 2. The fourth-order valence-electron chi connectivity index (χ4n) is 5.39. The van der Waals surface area contributed by atoms with Crippen LogP contribution in [0, 0.1) is 22.7 Å². The van der Waals surface area contributed by atoms with Crippen molar-refractivity contribution in [2.45, 2.75) is 50.9 Å². The number of piperidine rings is 1. The quantitative estimate of drug-likeness (QED) is 0.586. The van der Waals surface area contributed by atoms with Crippen molar-refractivity contribution >= 4 is 5.97 Å². The van der Waals surface area contributed by atoms with Gasteiger partial charge in [0.25, 0.3) is 0 Å². The van der Waals surface area contributed by atoms with Crippen LogP contribution in [0.4, 0.5) is 0 Å². The molecule has 2 aliphatic rings. The van der Waals surface area contributed by atoms with Crippen LogP contribution in [0.15, 0.2) is 54.6 Å². The molecule has 0 bridgehead atoms. The first-order valence-electron chi connectivity index (χ1n) is 11.6. The summed E-state index contributed by atoms with van der Waals surface area (Å²) in [6.45, 7) is 2.93. The Kier molecular flexibility index (Phi) is 6.73. The molecule has 2 aromatic carbocycles. The van der Waals surface area contributed by atoms with Crippen molar-refractivity contribution in [3.8, 4) is 6.07 Å². The van der Waals surface area contributed by atoms with E-state index in [1.807, 2.05) is 12.1 Å². The summed E-state index contributed by atoms with van der Waals surface area (Å²) in [5, 5.41) is 18.3. The zero-order chi connectivity index (χ0) is 21.7. The van der Waals surface area contributed by atoms with Crippen LogP contribution in [0.2, 0.25) is 0 Å². The van der Waals surface area contributed by atoms with Gasteiger partial charge in [-0.25, -0.2) is 4.79 Å². The first-order chi connectivity index (χ1) is 15.1. The maximum atomic E-state index is 11.4. The van der Waals surface area contributed by atoms with Crippen LogP contribution in [0.25, 0.3) is 0 Å². The molecule has 0 aromatic heterocycles. The van der Waals surface area contributed by atoms with Gasteiger partial charge in [0.1, 0.15) is 0 Å². The average molecular weight is 417 g/mol. The van der Waals surface area contributed by atoms with Crippen molar-refractivity contribution in [3.05, 3.63) is 71.3 Å². The number of likely N-dealkylation sites (tertiary alicyclic amines) is 1. The summed E-state index contributed by atoms with van der Waals surface area (Å²) in [6.07, 6.45) is 7.53. The highest BCUT2D eigenvalue weighted by molar-refractivity contribution is 5.87. The highest BCUT2D eigenvalue weighted by Crippen LogP contribution is 2.52. The van der Waals surface area contributed by atoms with E-state index in [0.717, 1.165) is 50.4 Å². The van der Waals surface area contributed by atoms with E-state index in [4.69, 9.17) is 5.26 Å². The molecule has 2 fully saturated rings. The van der Waals surface area contributed by atoms with Crippen LogP contribution < -0.4 is 0 Å². The highest BCUT2D eigenvalue weighted by atomic mass is 16.4. The van der Waals surface area contributed by atoms with E-state index in [1.54, 1.807) is 6.07 Å². The molecule has 4 rings (SSSR count). The standard InChI is InChI=1S/C27H32N2O2/c28-14-5-15-29-16-12-27(13-17-29,20-21-6-4-9-24(18-21)26(30)31)11-10-23-19-25(23)22-7-2-1-3-8-22/h1-4,6-9,18,23,25H,5,10-13,15-17,19-20H2,(H,30,31)/t23-,25?/m1/s1. The number of carboxylic acid groups (broad SMARTS) is 1. The molecule has 4 nitrogen and oxygen atoms in total. The molecule has 1 heterocycles. The van der Waals surface area contributed by atoms with Crippen molar-refractivity contribution in [1.82, 2.24) is 4.90 Å². The predicted octanol–water partition coefficient (Wildman–Crippen LogP) is 5.51. The summed E-state index contributed by atoms with van der Waals surface area (Å²) in [7, 11) is 0. The molecule has 1 aliphatic heterocycles. The number of hydrogen-bond acceptors (Lipinski definition) is 3. The predicted molar refractivity (Wildman–Crippen MR) is 122 cm³/mol. The van der Waals surface area contributed by atoms with Gasteiger partial charge in [0.2, 0.25) is 0 Å². The molecule has 1 unspecified atom stereocenters. The Morgan fingerprint density at radius 1 is 1.13 bits per heavy atom. The number of benzene rings is 2. The van der Waals surface area contributed by atoms with E-state index >= 15 is 0 Å². The van der Waals surface area contributed by atoms with Crippen molar-refractivity contribution in [2.75, 3.05) is 19.6 Å². The zero-order valence-corrected chi connectivity index (χ0v) is 18.2. The number of nitriles is 1. The van der Waals surface area contributed by atoms with Crippen molar-refractivity contribution in [2.24, 2.45) is 11.3 Å². The molecule has 2 atom stereocenters. The topological polar surface area (TPSA) is 64.3 Å². The molecule has 162 valence electrons. The van der Waals surface area contributed by atoms with Gasteiger partial charge in [0.05, 0.1) is 11.6 Å². The first-order valence-corrected chi connectivity index (χ1v) is 11.6. The third kappa shape index (κ3) is 5.54. The zero-order valence-electron chi connectivity index (χ0n) is 18.2. The Morgan fingerprint density at radius 3 is 2.61 bits per heavy atom. The molecular weight excluding hydrogens is 384 g/mol. The molecule has 1 N–H and O–H groups in total. The summed E-state index contributed by atoms with van der Waals surface area (Å²) in [5.74, 6) is 0.636. The monoisotopic (exact) mass is 416 g/mol. The van der Waals surface area contributed by atoms with Gasteiger partial charge in [0, 0.05) is 13.0 Å². The van der Waals surface area contributed by atoms with Crippen LogP contribution in [0.1, 0.15) is 65.9 Å². The van der Waals surface area contributed by atoms with Gasteiger partial charge in [-0.1, -0.05) is 42.5 Å². The van der Waals surface area contributed by atoms with Crippen LogP contribution in [0.5, 0.6) is 0 Å². The second kappa shape index (κ2) is 9.66. The summed E-state index contributed by atoms with van der Waals surface area (Å²) in [5.41, 5.74) is 3.22. The summed E-state index contributed by atoms with van der Waals surface area (Å²) >= 11 is 0. The van der Waals surface area contributed by atoms with Gasteiger partial charge in [-0.2, -0.15) is 5.26 Å². The number of hydrogen-bond donors (Lipinski definition) is 1. The highest BCUT2D eigenvalue weighted by Gasteiger charge is 2.41. The van der Waals surface area contributed by atoms with E-state index in [2.05, 4.69) is 47.4 Å². The molecule has 31 heavy (non-hydrogen) atoms. The largest absolute Gasteiger partial charge is 0.478 e. The Bertz CT molecular complexity index is 926. The average Bonchev–Trinajstić information content (AvgIpc) is 3.58. The Balaban J connectivity index is 1.43. The molecule has 2 aromatic rings. The lowest BCUT2D eigenvalue weighted by molar-refractivity contribution is 0.0696. The van der Waals surface area contributed by atoms with Gasteiger partial charge in [-0.05, 0) is 92.1 Å². The van der Waals surface area contributed by atoms with Crippen LogP contribution in [-0.2, 0) is 6.42 Å². The fourth-order valence-corrected chi connectivity index (χ4v) is 5.39. The van der Waals surface area contributed by atoms with E-state index in [1.165, 1.54) is 24.8 Å². The minimum absolute atomic E-state index is 0.226. The minimum Gasteiger partial charge on any atom is -0.478 e. The van der Waals surface area contributed by atoms with Crippen LogP contribution in [-0.4, -0.2) is 35.6 Å². The van der Waals surface area contributed by atoms with Crippen LogP contribution >= 0.6 is 0 Å². The lowest BCUT2D eigenvalue weighted by atomic mass is 9.70. The van der Waals surface area contributed by atoms with Gasteiger partial charge in [-0.15, -0.1) is 0 Å². The molecule has 4 heteroatoms. The summed E-state index contributed by atoms with van der Waals surface area (Å²) in [6, 6.07) is 20.6. The van der Waals surface area contributed by atoms with E-state index < -0.39 is 5.97 Å². The van der Waals surface area contributed by atoms with Crippen LogP contribution in [0.3, 0.4) is 0 Å². The maximum Gasteiger partial charge on any atom is 0.335 e. The molecule has 0 radical (unpaired) electrons. The Labute approximate surface area is 185 Å². The number of carbonyl (C=O) groups is 1. The van der Waals surface area contributed by atoms with E-state index in [9.17, 15) is 9.90 Å².